The molecule has 0 unspecified atom stereocenters. The molecule has 0 spiro atoms. The fourth-order valence-electron chi connectivity index (χ4n) is 9.24. The van der Waals surface area contributed by atoms with Gasteiger partial charge in [0.2, 0.25) is 0 Å². The molecule has 0 saturated heterocycles. The first-order valence-electron chi connectivity index (χ1n) is 21.1. The molecule has 1 aromatic heterocycles. The number of anilines is 3. The lowest BCUT2D eigenvalue weighted by atomic mass is 9.55. The molecule has 0 aliphatic carbocycles. The zero-order valence-corrected chi connectivity index (χ0v) is 36.1. The molecule has 0 amide bonds. The lowest BCUT2D eigenvalue weighted by Gasteiger charge is -2.34. The second-order valence-electron chi connectivity index (χ2n) is 16.5. The third kappa shape index (κ3) is 7.06. The lowest BCUT2D eigenvalue weighted by molar-refractivity contribution is 0.673. The lowest BCUT2D eigenvalue weighted by Crippen LogP contribution is -2.57. The Kier molecular flexibility index (Phi) is 11.4. The Morgan fingerprint density at radius 1 is 0.313 bits per heavy atom. The summed E-state index contributed by atoms with van der Waals surface area (Å²) in [7, 11) is 86.7. The van der Waals surface area contributed by atoms with Gasteiger partial charge >= 0.3 is 0 Å². The summed E-state index contributed by atoms with van der Waals surface area (Å²) in [5.74, 6) is 0. The molecule has 0 aliphatic heterocycles. The standard InChI is InChI=1S/C52H22B13NO/c53-38-34(36-42(57)46(61)48(63)47(62)43(36)58)39(54)41(56)35(40(38)55)37-44(59)49(64)51(50(65)45(37)60)66(27-18-13-24(14-19-27)23-7-2-1-3-8-23)28-20-15-26(16-21-28)29-11-6-12-32-33(29)31-22-17-25-9-4-5-10-30(25)52(31)67-32/h1-22H. The molecule has 67 heavy (non-hydrogen) atoms. The summed E-state index contributed by atoms with van der Waals surface area (Å²) in [4.78, 5) is 1.90. The molecular weight excluding hydrogens is 795 g/mol. The molecule has 15 heteroatoms. The van der Waals surface area contributed by atoms with Crippen molar-refractivity contribution in [3.8, 4) is 44.5 Å². The van der Waals surface area contributed by atoms with Crippen molar-refractivity contribution in [2.45, 2.75) is 0 Å². The second kappa shape index (κ2) is 17.1. The monoisotopic (exact) mass is 819 g/mol. The van der Waals surface area contributed by atoms with Gasteiger partial charge in [-0.3, -0.25) is 0 Å². The number of rotatable bonds is 7. The van der Waals surface area contributed by atoms with E-state index in [1.54, 1.807) is 0 Å². The first-order valence-corrected chi connectivity index (χ1v) is 21.1. The summed E-state index contributed by atoms with van der Waals surface area (Å²) in [6.45, 7) is 0. The van der Waals surface area contributed by atoms with E-state index in [-0.39, 0.29) is 93.3 Å². The molecule has 0 aliphatic rings. The van der Waals surface area contributed by atoms with Crippen molar-refractivity contribution in [1.82, 2.24) is 0 Å². The Morgan fingerprint density at radius 3 is 1.28 bits per heavy atom. The SMILES string of the molecule is [B]c1c([B])c([B])c(-c2c([B])c([B])c(-c3c([B])c([B])c(N(c4ccc(-c5ccccc5)cc4)c4ccc(-c5cccc6oc7c8ccccc8ccc7c56)cc4)c([B])c3[B])c([B])c2[B])c([B])c1[B]. The molecule has 0 bridgehead atoms. The fraction of sp³-hybridized carbons (Fsp3) is 0. The van der Waals surface area contributed by atoms with Crippen molar-refractivity contribution >= 4 is 223 Å². The van der Waals surface area contributed by atoms with Gasteiger partial charge in [-0.25, -0.2) is 0 Å². The largest absolute Gasteiger partial charge is 0.455 e. The number of hydrogen-bond acceptors (Lipinski definition) is 2. The van der Waals surface area contributed by atoms with Crippen LogP contribution in [-0.4, -0.2) is 102 Å². The Labute approximate surface area is 407 Å². The van der Waals surface area contributed by atoms with Gasteiger partial charge in [0.15, 0.2) is 0 Å². The smallest absolute Gasteiger partial charge is 0.143 e. The van der Waals surface area contributed by atoms with Crippen LogP contribution in [0.15, 0.2) is 138 Å². The van der Waals surface area contributed by atoms with Crippen LogP contribution in [0.2, 0.25) is 0 Å². The van der Waals surface area contributed by atoms with Crippen LogP contribution in [0.1, 0.15) is 0 Å². The maximum Gasteiger partial charge on any atom is 0.143 e. The Balaban J connectivity index is 1.14. The van der Waals surface area contributed by atoms with E-state index in [1.165, 1.54) is 0 Å². The van der Waals surface area contributed by atoms with Crippen LogP contribution in [0, 0.1) is 0 Å². The van der Waals surface area contributed by atoms with Crippen LogP contribution < -0.4 is 75.9 Å². The normalized spacial score (nSPS) is 11.5. The summed E-state index contributed by atoms with van der Waals surface area (Å²) in [6, 6.07) is 44.6. The van der Waals surface area contributed by atoms with Crippen molar-refractivity contribution in [1.29, 1.82) is 0 Å². The van der Waals surface area contributed by atoms with E-state index >= 15 is 0 Å². The van der Waals surface area contributed by atoms with E-state index in [1.807, 2.05) is 108 Å². The molecule has 0 N–H and O–H groups in total. The van der Waals surface area contributed by atoms with E-state index in [9.17, 15) is 0 Å². The zero-order valence-electron chi connectivity index (χ0n) is 36.1. The fourth-order valence-corrected chi connectivity index (χ4v) is 9.24. The summed E-state index contributed by atoms with van der Waals surface area (Å²) in [5.41, 5.74) is 7.67. The van der Waals surface area contributed by atoms with Gasteiger partial charge in [-0.15, -0.1) is 16.4 Å². The van der Waals surface area contributed by atoms with Crippen LogP contribution >= 0.6 is 0 Å². The zero-order chi connectivity index (χ0) is 47.2. The number of fused-ring (bicyclic) bond motifs is 5. The number of nitrogens with zero attached hydrogens (tertiary/aromatic N) is 1. The summed E-state index contributed by atoms with van der Waals surface area (Å²) in [5, 5.41) is 4.18. The van der Waals surface area contributed by atoms with E-state index in [0.29, 0.717) is 17.1 Å². The second-order valence-corrected chi connectivity index (χ2v) is 16.5. The van der Waals surface area contributed by atoms with Crippen LogP contribution in [0.25, 0.3) is 77.2 Å². The maximum absolute atomic E-state index is 7.11. The Morgan fingerprint density at radius 2 is 0.746 bits per heavy atom. The first kappa shape index (κ1) is 44.5. The van der Waals surface area contributed by atoms with Crippen molar-refractivity contribution in [3.63, 3.8) is 0 Å². The molecular formula is C52H22B13NO. The van der Waals surface area contributed by atoms with Crippen molar-refractivity contribution in [2.24, 2.45) is 0 Å². The van der Waals surface area contributed by atoms with Gasteiger partial charge in [-0.05, 0) is 86.3 Å². The molecule has 10 aromatic rings. The third-order valence-electron chi connectivity index (χ3n) is 12.8. The summed E-state index contributed by atoms with van der Waals surface area (Å²) >= 11 is 0. The van der Waals surface area contributed by atoms with E-state index in [4.69, 9.17) is 106 Å². The molecule has 0 fully saturated rings. The van der Waals surface area contributed by atoms with Gasteiger partial charge in [-0.2, -0.15) is 0 Å². The van der Waals surface area contributed by atoms with Crippen molar-refractivity contribution < 1.29 is 4.42 Å². The highest BCUT2D eigenvalue weighted by Crippen LogP contribution is 2.41. The van der Waals surface area contributed by atoms with E-state index < -0.39 is 0 Å². The quantitative estimate of drug-likeness (QED) is 0.196. The predicted octanol–water partition coefficient (Wildman–Crippen LogP) is -0.804. The molecule has 1 heterocycles. The van der Waals surface area contributed by atoms with Gasteiger partial charge in [0.05, 0.1) is 0 Å². The molecule has 9 aromatic carbocycles. The molecule has 2 nitrogen and oxygen atoms in total. The molecule has 0 saturated carbocycles. The average Bonchev–Trinajstić information content (AvgIpc) is 3.75. The topological polar surface area (TPSA) is 16.4 Å². The third-order valence-corrected chi connectivity index (χ3v) is 12.8. The van der Waals surface area contributed by atoms with Crippen LogP contribution in [0.4, 0.5) is 17.1 Å². The van der Waals surface area contributed by atoms with E-state index in [0.717, 1.165) is 55.0 Å². The van der Waals surface area contributed by atoms with Gasteiger partial charge in [0, 0.05) is 33.2 Å². The van der Waals surface area contributed by atoms with Crippen molar-refractivity contribution in [3.05, 3.63) is 133 Å². The van der Waals surface area contributed by atoms with Gasteiger partial charge in [0.1, 0.15) is 113 Å². The first-order chi connectivity index (χ1) is 32.2. The minimum absolute atomic E-state index is 0.00621. The Bertz CT molecular complexity index is 3580. The minimum Gasteiger partial charge on any atom is -0.455 e. The molecule has 280 valence electrons. The van der Waals surface area contributed by atoms with Crippen molar-refractivity contribution in [2.75, 3.05) is 4.90 Å². The van der Waals surface area contributed by atoms with Gasteiger partial charge in [-0.1, -0.05) is 152 Å². The van der Waals surface area contributed by atoms with E-state index in [2.05, 4.69) is 30.3 Å². The van der Waals surface area contributed by atoms with Crippen LogP contribution in [0.5, 0.6) is 0 Å². The van der Waals surface area contributed by atoms with Crippen LogP contribution in [-0.2, 0) is 0 Å². The highest BCUT2D eigenvalue weighted by atomic mass is 16.3. The molecule has 0 atom stereocenters. The Hall–Kier alpha value is -6.32. The number of furan rings is 1. The number of hydrogen-bond donors (Lipinski definition) is 0. The number of benzene rings is 9. The minimum atomic E-state index is -0.0589. The van der Waals surface area contributed by atoms with Gasteiger partial charge in [0.25, 0.3) is 0 Å². The maximum atomic E-state index is 7.11. The molecule has 10 rings (SSSR count). The summed E-state index contributed by atoms with van der Waals surface area (Å²) < 4.78 is 6.50. The highest BCUT2D eigenvalue weighted by Gasteiger charge is 2.26. The van der Waals surface area contributed by atoms with Crippen LogP contribution in [0.3, 0.4) is 0 Å². The summed E-state index contributed by atoms with van der Waals surface area (Å²) in [6.07, 6.45) is 0. The predicted molar refractivity (Wildman–Crippen MR) is 298 cm³/mol. The molecule has 26 radical (unpaired) electrons. The highest BCUT2D eigenvalue weighted by molar-refractivity contribution is 6.72. The van der Waals surface area contributed by atoms with Gasteiger partial charge < -0.3 is 9.32 Å². The average molecular weight is 817 g/mol.